The summed E-state index contributed by atoms with van der Waals surface area (Å²) in [4.78, 5) is 8.40. The van der Waals surface area contributed by atoms with Gasteiger partial charge in [0.2, 0.25) is 0 Å². The molecule has 1 N–H and O–H groups in total. The fourth-order valence-electron chi connectivity index (χ4n) is 2.90. The summed E-state index contributed by atoms with van der Waals surface area (Å²) in [6.07, 6.45) is 6.76. The molecule has 0 aliphatic carbocycles. The Morgan fingerprint density at radius 3 is 3.21 bits per heavy atom. The molecule has 1 aliphatic heterocycles. The van der Waals surface area contributed by atoms with Crippen molar-refractivity contribution in [2.75, 3.05) is 13.1 Å². The summed E-state index contributed by atoms with van der Waals surface area (Å²) in [5.74, 6) is 0. The topological polar surface area (TPSA) is 32.6 Å². The lowest BCUT2D eigenvalue weighted by Crippen LogP contribution is -2.54. The summed E-state index contributed by atoms with van der Waals surface area (Å²) < 4.78 is 2.13. The van der Waals surface area contributed by atoms with Crippen LogP contribution in [-0.2, 0) is 6.54 Å². The van der Waals surface area contributed by atoms with Crippen molar-refractivity contribution >= 4 is 16.3 Å². The zero-order chi connectivity index (χ0) is 13.2. The van der Waals surface area contributed by atoms with Gasteiger partial charge >= 0.3 is 0 Å². The second-order valence-electron chi connectivity index (χ2n) is 5.51. The van der Waals surface area contributed by atoms with Crippen molar-refractivity contribution in [3.63, 3.8) is 0 Å². The Bertz CT molecular complexity index is 504. The van der Waals surface area contributed by atoms with E-state index >= 15 is 0 Å². The van der Waals surface area contributed by atoms with Crippen LogP contribution in [0.5, 0.6) is 0 Å². The van der Waals surface area contributed by atoms with Crippen molar-refractivity contribution in [3.8, 4) is 0 Å². The fourth-order valence-corrected chi connectivity index (χ4v) is 3.62. The third-order valence-electron chi connectivity index (χ3n) is 3.86. The first-order chi connectivity index (χ1) is 9.26. The summed E-state index contributed by atoms with van der Waals surface area (Å²) >= 11 is 1.70. The molecule has 0 amide bonds. The molecule has 0 radical (unpaired) electrons. The predicted octanol–water partition coefficient (Wildman–Crippen LogP) is 2.36. The molecule has 2 unspecified atom stereocenters. The van der Waals surface area contributed by atoms with E-state index in [9.17, 15) is 0 Å². The van der Waals surface area contributed by atoms with E-state index in [0.29, 0.717) is 12.1 Å². The Morgan fingerprint density at radius 2 is 2.42 bits per heavy atom. The highest BCUT2D eigenvalue weighted by molar-refractivity contribution is 7.15. The minimum atomic E-state index is 0.580. The van der Waals surface area contributed by atoms with Crippen LogP contribution < -0.4 is 5.32 Å². The van der Waals surface area contributed by atoms with Gasteiger partial charge in [0.15, 0.2) is 4.96 Å². The summed E-state index contributed by atoms with van der Waals surface area (Å²) in [5, 5.41) is 5.67. The molecule has 1 saturated heterocycles. The number of nitrogens with one attached hydrogen (secondary N) is 1. The van der Waals surface area contributed by atoms with E-state index in [0.717, 1.165) is 24.6 Å². The van der Waals surface area contributed by atoms with E-state index in [1.807, 2.05) is 0 Å². The largest absolute Gasteiger partial charge is 0.311 e. The average Bonchev–Trinajstić information content (AvgIpc) is 2.93. The van der Waals surface area contributed by atoms with Gasteiger partial charge in [-0.15, -0.1) is 11.3 Å². The van der Waals surface area contributed by atoms with E-state index in [1.165, 1.54) is 18.5 Å². The smallest absolute Gasteiger partial charge is 0.193 e. The molecular formula is C14H22N4S. The molecule has 19 heavy (non-hydrogen) atoms. The van der Waals surface area contributed by atoms with Gasteiger partial charge < -0.3 is 5.32 Å². The summed E-state index contributed by atoms with van der Waals surface area (Å²) in [6.45, 7) is 7.74. The molecule has 4 nitrogen and oxygen atoms in total. The van der Waals surface area contributed by atoms with Crippen molar-refractivity contribution in [1.82, 2.24) is 19.6 Å². The second kappa shape index (κ2) is 5.61. The third kappa shape index (κ3) is 2.83. The van der Waals surface area contributed by atoms with Crippen LogP contribution in [0.25, 0.3) is 4.96 Å². The van der Waals surface area contributed by atoms with E-state index in [1.54, 1.807) is 11.3 Å². The molecule has 2 aromatic rings. The Kier molecular flexibility index (Phi) is 3.86. The minimum absolute atomic E-state index is 0.580. The molecule has 3 rings (SSSR count). The first kappa shape index (κ1) is 13.1. The molecule has 1 aliphatic rings. The standard InChI is InChI=1S/C14H22N4S/c1-3-4-13-7-15-11(2)8-18(13)10-12-9-17-5-6-19-14(17)16-12/h5-6,9,11,13,15H,3-4,7-8,10H2,1-2H3. The van der Waals surface area contributed by atoms with Gasteiger partial charge in [-0.25, -0.2) is 4.98 Å². The molecule has 2 atom stereocenters. The van der Waals surface area contributed by atoms with Gasteiger partial charge in [-0.2, -0.15) is 0 Å². The van der Waals surface area contributed by atoms with Gasteiger partial charge in [-0.05, 0) is 13.3 Å². The van der Waals surface area contributed by atoms with E-state index in [2.05, 4.69) is 46.2 Å². The van der Waals surface area contributed by atoms with E-state index in [-0.39, 0.29) is 0 Å². The van der Waals surface area contributed by atoms with Gasteiger partial charge in [0.05, 0.1) is 5.69 Å². The maximum atomic E-state index is 4.71. The number of piperazine rings is 1. The average molecular weight is 278 g/mol. The van der Waals surface area contributed by atoms with Gasteiger partial charge in [0.25, 0.3) is 0 Å². The van der Waals surface area contributed by atoms with Crippen LogP contribution >= 0.6 is 11.3 Å². The van der Waals surface area contributed by atoms with Gasteiger partial charge in [-0.1, -0.05) is 13.3 Å². The lowest BCUT2D eigenvalue weighted by atomic mass is 10.1. The Hall–Kier alpha value is -0.910. The maximum Gasteiger partial charge on any atom is 0.193 e. The molecule has 0 saturated carbocycles. The Balaban J connectivity index is 1.73. The quantitative estimate of drug-likeness (QED) is 0.932. The van der Waals surface area contributed by atoms with Crippen LogP contribution in [0.3, 0.4) is 0 Å². The van der Waals surface area contributed by atoms with Crippen LogP contribution in [0.1, 0.15) is 32.4 Å². The lowest BCUT2D eigenvalue weighted by molar-refractivity contribution is 0.119. The van der Waals surface area contributed by atoms with Crippen LogP contribution in [0.2, 0.25) is 0 Å². The maximum absolute atomic E-state index is 4.71. The highest BCUT2D eigenvalue weighted by atomic mass is 32.1. The lowest BCUT2D eigenvalue weighted by Gasteiger charge is -2.39. The molecule has 5 heteroatoms. The Morgan fingerprint density at radius 1 is 1.53 bits per heavy atom. The first-order valence-corrected chi connectivity index (χ1v) is 8.02. The minimum Gasteiger partial charge on any atom is -0.311 e. The van der Waals surface area contributed by atoms with E-state index in [4.69, 9.17) is 4.98 Å². The number of aromatic nitrogens is 2. The normalized spacial score (nSPS) is 25.2. The van der Waals surface area contributed by atoms with Crippen LogP contribution in [0.15, 0.2) is 17.8 Å². The fraction of sp³-hybridized carbons (Fsp3) is 0.643. The third-order valence-corrected chi connectivity index (χ3v) is 4.63. The number of nitrogens with zero attached hydrogens (tertiary/aromatic N) is 3. The number of fused-ring (bicyclic) bond motifs is 1. The molecule has 0 spiro atoms. The summed E-state index contributed by atoms with van der Waals surface area (Å²) in [5.41, 5.74) is 1.20. The first-order valence-electron chi connectivity index (χ1n) is 7.14. The predicted molar refractivity (Wildman–Crippen MR) is 79.6 cm³/mol. The number of rotatable bonds is 4. The monoisotopic (exact) mass is 278 g/mol. The van der Waals surface area contributed by atoms with Gasteiger partial charge in [0.1, 0.15) is 0 Å². The molecule has 0 aromatic carbocycles. The van der Waals surface area contributed by atoms with Gasteiger partial charge in [0, 0.05) is 49.5 Å². The SMILES string of the molecule is CCCC1CNC(C)CN1Cc1cn2ccsc2n1. The summed E-state index contributed by atoms with van der Waals surface area (Å²) in [7, 11) is 0. The summed E-state index contributed by atoms with van der Waals surface area (Å²) in [6, 6.07) is 1.23. The number of hydrogen-bond acceptors (Lipinski definition) is 4. The molecule has 1 fully saturated rings. The van der Waals surface area contributed by atoms with Crippen molar-refractivity contribution in [2.24, 2.45) is 0 Å². The van der Waals surface area contributed by atoms with Crippen molar-refractivity contribution in [1.29, 1.82) is 0 Å². The van der Waals surface area contributed by atoms with Crippen LogP contribution in [-0.4, -0.2) is 39.5 Å². The van der Waals surface area contributed by atoms with E-state index < -0.39 is 0 Å². The number of thiazole rings is 1. The molecular weight excluding hydrogens is 256 g/mol. The molecule has 3 heterocycles. The van der Waals surface area contributed by atoms with Gasteiger partial charge in [-0.3, -0.25) is 9.30 Å². The number of hydrogen-bond donors (Lipinski definition) is 1. The zero-order valence-corrected chi connectivity index (χ0v) is 12.5. The second-order valence-corrected chi connectivity index (χ2v) is 6.38. The molecule has 104 valence electrons. The number of imidazole rings is 1. The molecule has 0 bridgehead atoms. The Labute approximate surface area is 118 Å². The zero-order valence-electron chi connectivity index (χ0n) is 11.7. The highest BCUT2D eigenvalue weighted by Gasteiger charge is 2.25. The van der Waals surface area contributed by atoms with Crippen molar-refractivity contribution in [3.05, 3.63) is 23.5 Å². The van der Waals surface area contributed by atoms with Crippen molar-refractivity contribution < 1.29 is 0 Å². The molecule has 2 aromatic heterocycles. The van der Waals surface area contributed by atoms with Crippen molar-refractivity contribution in [2.45, 2.75) is 45.3 Å². The highest BCUT2D eigenvalue weighted by Crippen LogP contribution is 2.17. The van der Waals surface area contributed by atoms with Crippen LogP contribution in [0, 0.1) is 0 Å². The van der Waals surface area contributed by atoms with Crippen LogP contribution in [0.4, 0.5) is 0 Å².